The van der Waals surface area contributed by atoms with Crippen molar-refractivity contribution in [1.29, 1.82) is 0 Å². The SMILES string of the molecule is C=C(C)C(C)/C(F)=C/c1c(C)cccc1/C=C\CN. The molecule has 0 aliphatic carbocycles. The van der Waals surface area contributed by atoms with Crippen molar-refractivity contribution in [3.8, 4) is 0 Å². The molecule has 0 aliphatic heterocycles. The molecule has 1 nitrogen and oxygen atoms in total. The standard InChI is InChI=1S/C17H22FN/c1-12(2)14(4)17(18)11-16-13(3)7-5-8-15(16)9-6-10-19/h5-9,11,14H,1,10,19H2,2-4H3/b9-6-,17-11-. The molecule has 0 saturated heterocycles. The first-order valence-electron chi connectivity index (χ1n) is 6.46. The molecule has 0 saturated carbocycles. The highest BCUT2D eigenvalue weighted by atomic mass is 19.1. The Morgan fingerprint density at radius 3 is 2.74 bits per heavy atom. The minimum atomic E-state index is -0.258. The van der Waals surface area contributed by atoms with Crippen LogP contribution in [0.15, 0.2) is 42.3 Å². The molecular formula is C17H22FN. The molecule has 0 bridgehead atoms. The number of allylic oxidation sites excluding steroid dienone is 2. The lowest BCUT2D eigenvalue weighted by atomic mass is 9.96. The maximum Gasteiger partial charge on any atom is 0.107 e. The second-order valence-corrected chi connectivity index (χ2v) is 4.81. The van der Waals surface area contributed by atoms with E-state index in [1.165, 1.54) is 0 Å². The van der Waals surface area contributed by atoms with Crippen LogP contribution in [-0.2, 0) is 0 Å². The predicted octanol–water partition coefficient (Wildman–Crippen LogP) is 4.49. The van der Waals surface area contributed by atoms with Crippen LogP contribution in [0.5, 0.6) is 0 Å². The van der Waals surface area contributed by atoms with Gasteiger partial charge in [0.2, 0.25) is 0 Å². The Morgan fingerprint density at radius 1 is 1.47 bits per heavy atom. The molecule has 0 spiro atoms. The number of hydrogen-bond acceptors (Lipinski definition) is 1. The van der Waals surface area contributed by atoms with Crippen LogP contribution in [-0.4, -0.2) is 6.54 Å². The summed E-state index contributed by atoms with van der Waals surface area (Å²) < 4.78 is 14.2. The van der Waals surface area contributed by atoms with E-state index in [0.29, 0.717) is 6.54 Å². The minimum Gasteiger partial charge on any atom is -0.327 e. The number of benzene rings is 1. The number of aryl methyl sites for hydroxylation is 1. The van der Waals surface area contributed by atoms with Crippen LogP contribution < -0.4 is 5.73 Å². The quantitative estimate of drug-likeness (QED) is 0.775. The van der Waals surface area contributed by atoms with Gasteiger partial charge in [0.1, 0.15) is 5.83 Å². The summed E-state index contributed by atoms with van der Waals surface area (Å²) >= 11 is 0. The Balaban J connectivity index is 3.22. The van der Waals surface area contributed by atoms with Crippen molar-refractivity contribution in [2.24, 2.45) is 11.7 Å². The first-order chi connectivity index (χ1) is 8.97. The highest BCUT2D eigenvalue weighted by Gasteiger charge is 2.10. The lowest BCUT2D eigenvalue weighted by Gasteiger charge is -2.11. The Kier molecular flexibility index (Phi) is 5.71. The summed E-state index contributed by atoms with van der Waals surface area (Å²) in [4.78, 5) is 0. The first kappa shape index (κ1) is 15.4. The van der Waals surface area contributed by atoms with Gasteiger partial charge >= 0.3 is 0 Å². The third kappa shape index (κ3) is 4.18. The molecule has 0 fully saturated rings. The van der Waals surface area contributed by atoms with Crippen LogP contribution in [0, 0.1) is 12.8 Å². The average molecular weight is 259 g/mol. The Bertz CT molecular complexity index is 512. The zero-order valence-electron chi connectivity index (χ0n) is 11.9. The lowest BCUT2D eigenvalue weighted by molar-refractivity contribution is 0.542. The van der Waals surface area contributed by atoms with Crippen LogP contribution in [0.25, 0.3) is 12.2 Å². The number of hydrogen-bond donors (Lipinski definition) is 1. The highest BCUT2D eigenvalue weighted by Crippen LogP contribution is 2.25. The predicted molar refractivity (Wildman–Crippen MR) is 82.3 cm³/mol. The van der Waals surface area contributed by atoms with Gasteiger partial charge < -0.3 is 5.73 Å². The van der Waals surface area contributed by atoms with Gasteiger partial charge in [0.25, 0.3) is 0 Å². The molecule has 102 valence electrons. The van der Waals surface area contributed by atoms with E-state index in [9.17, 15) is 4.39 Å². The highest BCUT2D eigenvalue weighted by molar-refractivity contribution is 5.68. The van der Waals surface area contributed by atoms with Gasteiger partial charge in [-0.1, -0.05) is 49.4 Å². The molecule has 1 atom stereocenters. The van der Waals surface area contributed by atoms with Crippen LogP contribution >= 0.6 is 0 Å². The van der Waals surface area contributed by atoms with E-state index in [1.54, 1.807) is 6.08 Å². The largest absolute Gasteiger partial charge is 0.327 e. The van der Waals surface area contributed by atoms with Gasteiger partial charge in [-0.15, -0.1) is 0 Å². The number of nitrogens with two attached hydrogens (primary N) is 1. The molecule has 0 radical (unpaired) electrons. The molecular weight excluding hydrogens is 237 g/mol. The van der Waals surface area contributed by atoms with E-state index < -0.39 is 0 Å². The van der Waals surface area contributed by atoms with Gasteiger partial charge in [0.15, 0.2) is 0 Å². The number of rotatable bonds is 5. The van der Waals surface area contributed by atoms with Gasteiger partial charge in [-0.05, 0) is 36.6 Å². The van der Waals surface area contributed by atoms with Crippen molar-refractivity contribution < 1.29 is 4.39 Å². The first-order valence-corrected chi connectivity index (χ1v) is 6.46. The van der Waals surface area contributed by atoms with Gasteiger partial charge in [0.05, 0.1) is 0 Å². The summed E-state index contributed by atoms with van der Waals surface area (Å²) in [5.74, 6) is -0.421. The van der Waals surface area contributed by atoms with Crippen molar-refractivity contribution in [3.05, 3.63) is 58.9 Å². The molecule has 0 aromatic heterocycles. The molecule has 1 rings (SSSR count). The Morgan fingerprint density at radius 2 is 2.16 bits per heavy atom. The molecule has 0 heterocycles. The molecule has 0 aliphatic rings. The summed E-state index contributed by atoms with van der Waals surface area (Å²) in [6.07, 6.45) is 5.40. The summed E-state index contributed by atoms with van der Waals surface area (Å²) in [7, 11) is 0. The number of halogens is 1. The molecule has 2 N–H and O–H groups in total. The molecule has 2 heteroatoms. The van der Waals surface area contributed by atoms with Gasteiger partial charge in [0, 0.05) is 12.5 Å². The Labute approximate surface area is 115 Å². The van der Waals surface area contributed by atoms with Crippen molar-refractivity contribution in [2.45, 2.75) is 20.8 Å². The van der Waals surface area contributed by atoms with E-state index in [1.807, 2.05) is 51.1 Å². The van der Waals surface area contributed by atoms with E-state index in [4.69, 9.17) is 5.73 Å². The minimum absolute atomic E-state index is 0.163. The zero-order chi connectivity index (χ0) is 14.4. The molecule has 0 amide bonds. The molecule has 19 heavy (non-hydrogen) atoms. The average Bonchev–Trinajstić information content (AvgIpc) is 2.38. The third-order valence-corrected chi connectivity index (χ3v) is 3.23. The molecule has 1 aromatic rings. The fourth-order valence-electron chi connectivity index (χ4n) is 1.74. The van der Waals surface area contributed by atoms with Gasteiger partial charge in [-0.3, -0.25) is 0 Å². The second-order valence-electron chi connectivity index (χ2n) is 4.81. The van der Waals surface area contributed by atoms with Crippen LogP contribution in [0.2, 0.25) is 0 Å². The second kappa shape index (κ2) is 7.05. The normalized spacial score (nSPS) is 13.8. The van der Waals surface area contributed by atoms with Crippen molar-refractivity contribution in [1.82, 2.24) is 0 Å². The van der Waals surface area contributed by atoms with Crippen molar-refractivity contribution >= 4 is 12.2 Å². The fourth-order valence-corrected chi connectivity index (χ4v) is 1.74. The van der Waals surface area contributed by atoms with Gasteiger partial charge in [-0.25, -0.2) is 4.39 Å². The van der Waals surface area contributed by atoms with E-state index >= 15 is 0 Å². The smallest absolute Gasteiger partial charge is 0.107 e. The maximum atomic E-state index is 14.2. The van der Waals surface area contributed by atoms with E-state index in [2.05, 4.69) is 6.58 Å². The third-order valence-electron chi connectivity index (χ3n) is 3.23. The van der Waals surface area contributed by atoms with Gasteiger partial charge in [-0.2, -0.15) is 0 Å². The monoisotopic (exact) mass is 259 g/mol. The van der Waals surface area contributed by atoms with Crippen LogP contribution in [0.4, 0.5) is 4.39 Å². The van der Waals surface area contributed by atoms with Crippen molar-refractivity contribution in [3.63, 3.8) is 0 Å². The summed E-state index contributed by atoms with van der Waals surface area (Å²) in [5, 5.41) is 0. The van der Waals surface area contributed by atoms with Crippen molar-refractivity contribution in [2.75, 3.05) is 6.54 Å². The summed E-state index contributed by atoms with van der Waals surface area (Å²) in [5.41, 5.74) is 9.21. The fraction of sp³-hybridized carbons (Fsp3) is 0.294. The van der Waals surface area contributed by atoms with Crippen LogP contribution in [0.1, 0.15) is 30.5 Å². The lowest BCUT2D eigenvalue weighted by Crippen LogP contribution is -1.97. The molecule has 1 aromatic carbocycles. The Hall–Kier alpha value is -1.67. The summed E-state index contributed by atoms with van der Waals surface area (Å²) in [6.45, 7) is 9.91. The van der Waals surface area contributed by atoms with E-state index in [0.717, 1.165) is 22.3 Å². The topological polar surface area (TPSA) is 26.0 Å². The van der Waals surface area contributed by atoms with Crippen LogP contribution in [0.3, 0.4) is 0 Å². The maximum absolute atomic E-state index is 14.2. The van der Waals surface area contributed by atoms with E-state index in [-0.39, 0.29) is 11.7 Å². The summed E-state index contributed by atoms with van der Waals surface area (Å²) in [6, 6.07) is 5.90. The zero-order valence-corrected chi connectivity index (χ0v) is 11.9. The molecule has 1 unspecified atom stereocenters.